The van der Waals surface area contributed by atoms with Crippen molar-refractivity contribution in [2.75, 3.05) is 7.11 Å². The van der Waals surface area contributed by atoms with Crippen LogP contribution in [0.2, 0.25) is 5.02 Å². The van der Waals surface area contributed by atoms with Crippen LogP contribution in [0.1, 0.15) is 24.8 Å². The number of carbonyl (C=O) groups is 2. The van der Waals surface area contributed by atoms with E-state index in [-0.39, 0.29) is 17.8 Å². The minimum atomic E-state index is -0.994. The number of aromatic nitrogens is 1. The number of pyridine rings is 1. The van der Waals surface area contributed by atoms with Gasteiger partial charge in [-0.25, -0.2) is 9.78 Å². The molecule has 0 aliphatic heterocycles. The third kappa shape index (κ3) is 3.78. The standard InChI is InChI=1S/C20H18ClNO4/c1-26-19-8-6-13(11-22-19)14-7-5-12(9-17(14)21)10-18(23)15-3-2-4-16(15)20(24)25/h5-9,11H,2-4,10H2,1H3,(H,24,25). The molecule has 1 aromatic carbocycles. The SMILES string of the molecule is COc1ccc(-c2ccc(CC(=O)C3=C(C(=O)O)CCC3)cc2Cl)cn1. The highest BCUT2D eigenvalue weighted by molar-refractivity contribution is 6.33. The fourth-order valence-electron chi connectivity index (χ4n) is 3.14. The molecule has 0 amide bonds. The number of carbonyl (C=O) groups excluding carboxylic acids is 1. The Balaban J connectivity index is 1.80. The Morgan fingerprint density at radius 3 is 2.58 bits per heavy atom. The summed E-state index contributed by atoms with van der Waals surface area (Å²) in [6.07, 6.45) is 3.53. The predicted molar refractivity (Wildman–Crippen MR) is 98.5 cm³/mol. The number of ketones is 1. The van der Waals surface area contributed by atoms with Crippen molar-refractivity contribution in [2.45, 2.75) is 25.7 Å². The number of rotatable bonds is 6. The van der Waals surface area contributed by atoms with E-state index in [1.807, 2.05) is 18.2 Å². The fraction of sp³-hybridized carbons (Fsp3) is 0.250. The second-order valence-electron chi connectivity index (χ2n) is 6.12. The summed E-state index contributed by atoms with van der Waals surface area (Å²) in [5, 5.41) is 9.71. The summed E-state index contributed by atoms with van der Waals surface area (Å²) in [6.45, 7) is 0. The molecule has 134 valence electrons. The van der Waals surface area contributed by atoms with E-state index in [1.165, 1.54) is 0 Å². The first-order valence-corrected chi connectivity index (χ1v) is 8.64. The molecule has 1 N–H and O–H groups in total. The number of allylic oxidation sites excluding steroid dienone is 1. The average Bonchev–Trinajstić information content (AvgIpc) is 3.12. The Bertz CT molecular complexity index is 887. The van der Waals surface area contributed by atoms with Crippen molar-refractivity contribution >= 4 is 23.4 Å². The van der Waals surface area contributed by atoms with E-state index in [9.17, 15) is 14.7 Å². The molecule has 5 nitrogen and oxygen atoms in total. The first-order chi connectivity index (χ1) is 12.5. The minimum Gasteiger partial charge on any atom is -0.481 e. The molecule has 6 heteroatoms. The molecule has 1 aliphatic rings. The largest absolute Gasteiger partial charge is 0.481 e. The first kappa shape index (κ1) is 18.1. The Hall–Kier alpha value is -2.66. The van der Waals surface area contributed by atoms with E-state index >= 15 is 0 Å². The van der Waals surface area contributed by atoms with Gasteiger partial charge in [0.25, 0.3) is 0 Å². The maximum atomic E-state index is 12.5. The highest BCUT2D eigenvalue weighted by Crippen LogP contribution is 2.31. The molecule has 2 aromatic rings. The van der Waals surface area contributed by atoms with E-state index < -0.39 is 5.97 Å². The van der Waals surface area contributed by atoms with Gasteiger partial charge in [-0.15, -0.1) is 0 Å². The van der Waals surface area contributed by atoms with Crippen LogP contribution >= 0.6 is 11.6 Å². The topological polar surface area (TPSA) is 76.5 Å². The van der Waals surface area contributed by atoms with Gasteiger partial charge in [-0.2, -0.15) is 0 Å². The molecule has 0 unspecified atom stereocenters. The fourth-order valence-corrected chi connectivity index (χ4v) is 3.45. The molecular formula is C20H18ClNO4. The molecule has 0 fully saturated rings. The number of aliphatic carboxylic acids is 1. The summed E-state index contributed by atoms with van der Waals surface area (Å²) in [5.41, 5.74) is 3.11. The molecule has 26 heavy (non-hydrogen) atoms. The molecule has 0 atom stereocenters. The van der Waals surface area contributed by atoms with Crippen molar-refractivity contribution in [2.24, 2.45) is 0 Å². The zero-order valence-electron chi connectivity index (χ0n) is 14.3. The van der Waals surface area contributed by atoms with Crippen molar-refractivity contribution < 1.29 is 19.4 Å². The Morgan fingerprint density at radius 1 is 1.19 bits per heavy atom. The number of halogens is 1. The Kier molecular flexibility index (Phi) is 5.38. The molecule has 1 heterocycles. The van der Waals surface area contributed by atoms with Gasteiger partial charge in [0.1, 0.15) is 0 Å². The van der Waals surface area contributed by atoms with Gasteiger partial charge in [0.2, 0.25) is 5.88 Å². The number of carboxylic acid groups (broad SMARTS) is 1. The summed E-state index contributed by atoms with van der Waals surface area (Å²) in [6, 6.07) is 9.04. The minimum absolute atomic E-state index is 0.144. The molecule has 1 aromatic heterocycles. The van der Waals surface area contributed by atoms with E-state index in [0.29, 0.717) is 35.7 Å². The highest BCUT2D eigenvalue weighted by atomic mass is 35.5. The van der Waals surface area contributed by atoms with Gasteiger partial charge in [-0.3, -0.25) is 4.79 Å². The van der Waals surface area contributed by atoms with E-state index in [1.54, 1.807) is 25.4 Å². The number of Topliss-reactive ketones (excluding diaryl/α,β-unsaturated/α-hetero) is 1. The third-order valence-electron chi connectivity index (χ3n) is 4.47. The van der Waals surface area contributed by atoms with E-state index in [0.717, 1.165) is 16.7 Å². The second-order valence-corrected chi connectivity index (χ2v) is 6.53. The monoisotopic (exact) mass is 371 g/mol. The van der Waals surface area contributed by atoms with Crippen LogP contribution in [0, 0.1) is 0 Å². The zero-order valence-corrected chi connectivity index (χ0v) is 15.0. The van der Waals surface area contributed by atoms with Gasteiger partial charge < -0.3 is 9.84 Å². The molecule has 1 aliphatic carbocycles. The van der Waals surface area contributed by atoms with Crippen LogP contribution in [-0.4, -0.2) is 29.0 Å². The van der Waals surface area contributed by atoms with E-state index in [2.05, 4.69) is 4.98 Å². The number of methoxy groups -OCH3 is 1. The third-order valence-corrected chi connectivity index (χ3v) is 4.78. The lowest BCUT2D eigenvalue weighted by Crippen LogP contribution is -2.10. The normalized spacial score (nSPS) is 13.8. The second kappa shape index (κ2) is 7.70. The Labute approximate surface area is 156 Å². The molecule has 0 radical (unpaired) electrons. The zero-order chi connectivity index (χ0) is 18.7. The molecule has 0 saturated heterocycles. The van der Waals surface area contributed by atoms with Crippen molar-refractivity contribution in [1.82, 2.24) is 4.98 Å². The lowest BCUT2D eigenvalue weighted by molar-refractivity contribution is -0.133. The maximum absolute atomic E-state index is 12.5. The molecule has 0 saturated carbocycles. The van der Waals surface area contributed by atoms with Crippen LogP contribution in [0.15, 0.2) is 47.7 Å². The first-order valence-electron chi connectivity index (χ1n) is 8.27. The van der Waals surface area contributed by atoms with Crippen molar-refractivity contribution in [3.63, 3.8) is 0 Å². The molecule has 3 rings (SSSR count). The van der Waals surface area contributed by atoms with E-state index in [4.69, 9.17) is 16.3 Å². The van der Waals surface area contributed by atoms with Gasteiger partial charge in [0.15, 0.2) is 5.78 Å². The van der Waals surface area contributed by atoms with Crippen LogP contribution in [0.4, 0.5) is 0 Å². The van der Waals surface area contributed by atoms with Crippen LogP contribution in [-0.2, 0) is 16.0 Å². The quantitative estimate of drug-likeness (QED) is 0.827. The molecule has 0 bridgehead atoms. The summed E-state index contributed by atoms with van der Waals surface area (Å²) in [7, 11) is 1.55. The smallest absolute Gasteiger partial charge is 0.331 e. The van der Waals surface area contributed by atoms with Crippen molar-refractivity contribution in [3.05, 3.63) is 58.3 Å². The van der Waals surface area contributed by atoms with Crippen LogP contribution in [0.5, 0.6) is 5.88 Å². The number of hydrogen-bond acceptors (Lipinski definition) is 4. The number of ether oxygens (including phenoxy) is 1. The number of nitrogens with zero attached hydrogens (tertiary/aromatic N) is 1. The number of benzene rings is 1. The summed E-state index contributed by atoms with van der Waals surface area (Å²) in [4.78, 5) is 27.9. The Morgan fingerprint density at radius 2 is 1.96 bits per heavy atom. The highest BCUT2D eigenvalue weighted by Gasteiger charge is 2.25. The van der Waals surface area contributed by atoms with Gasteiger partial charge in [-0.1, -0.05) is 23.7 Å². The van der Waals surface area contributed by atoms with Crippen LogP contribution < -0.4 is 4.74 Å². The summed E-state index contributed by atoms with van der Waals surface area (Å²) >= 11 is 6.38. The lowest BCUT2D eigenvalue weighted by atomic mass is 9.98. The maximum Gasteiger partial charge on any atom is 0.331 e. The average molecular weight is 372 g/mol. The van der Waals surface area contributed by atoms with Gasteiger partial charge in [0, 0.05) is 46.0 Å². The van der Waals surface area contributed by atoms with Gasteiger partial charge >= 0.3 is 5.97 Å². The molecule has 0 spiro atoms. The number of hydrogen-bond donors (Lipinski definition) is 1. The predicted octanol–water partition coefficient (Wildman–Crippen LogP) is 4.09. The van der Waals surface area contributed by atoms with Crippen molar-refractivity contribution in [1.29, 1.82) is 0 Å². The van der Waals surface area contributed by atoms with Gasteiger partial charge in [-0.05, 0) is 37.0 Å². The van der Waals surface area contributed by atoms with Gasteiger partial charge in [0.05, 0.1) is 7.11 Å². The summed E-state index contributed by atoms with van der Waals surface area (Å²) < 4.78 is 5.04. The van der Waals surface area contributed by atoms with Crippen LogP contribution in [0.25, 0.3) is 11.1 Å². The summed E-state index contributed by atoms with van der Waals surface area (Å²) in [5.74, 6) is -0.618. The number of carboxylic acids is 1. The molecular weight excluding hydrogens is 354 g/mol. The lowest BCUT2D eigenvalue weighted by Gasteiger charge is -2.09. The van der Waals surface area contributed by atoms with Crippen LogP contribution in [0.3, 0.4) is 0 Å². The van der Waals surface area contributed by atoms with Crippen molar-refractivity contribution in [3.8, 4) is 17.0 Å².